The highest BCUT2D eigenvalue weighted by Crippen LogP contribution is 2.18. The minimum atomic E-state index is -4.42. The van der Waals surface area contributed by atoms with E-state index in [1.54, 1.807) is 12.1 Å². The minimum absolute atomic E-state index is 0.134. The standard InChI is InChI=1S/C9H12O4S/c1-3-8-6-9(5-4-7(8)2)13-14(10,11)12/h4-6H,3H2,1-2H3,(H,10,11,12). The Morgan fingerprint density at radius 1 is 1.43 bits per heavy atom. The maximum absolute atomic E-state index is 10.4. The van der Waals surface area contributed by atoms with Crippen molar-refractivity contribution in [3.05, 3.63) is 29.3 Å². The third-order valence-electron chi connectivity index (χ3n) is 1.90. The molecule has 0 aliphatic rings. The van der Waals surface area contributed by atoms with E-state index in [1.165, 1.54) is 6.07 Å². The fourth-order valence-corrected chi connectivity index (χ4v) is 1.55. The molecule has 0 heterocycles. The van der Waals surface area contributed by atoms with E-state index in [2.05, 4.69) is 4.18 Å². The van der Waals surface area contributed by atoms with E-state index in [0.29, 0.717) is 0 Å². The molecule has 0 saturated heterocycles. The second-order valence-corrected chi connectivity index (χ2v) is 3.98. The van der Waals surface area contributed by atoms with Crippen LogP contribution in [0.15, 0.2) is 18.2 Å². The maximum Gasteiger partial charge on any atom is 0.446 e. The Morgan fingerprint density at radius 2 is 2.07 bits per heavy atom. The van der Waals surface area contributed by atoms with Gasteiger partial charge in [-0.1, -0.05) is 13.0 Å². The number of hydrogen-bond donors (Lipinski definition) is 1. The SMILES string of the molecule is CCc1cc(OS(=O)(=O)O)ccc1C. The quantitative estimate of drug-likeness (QED) is 0.782. The van der Waals surface area contributed by atoms with Crippen LogP contribution in [0.5, 0.6) is 5.75 Å². The molecule has 1 rings (SSSR count). The molecule has 0 aliphatic heterocycles. The molecule has 0 atom stereocenters. The van der Waals surface area contributed by atoms with Crippen LogP contribution in [0, 0.1) is 6.92 Å². The largest absolute Gasteiger partial charge is 0.446 e. The highest BCUT2D eigenvalue weighted by atomic mass is 32.3. The van der Waals surface area contributed by atoms with Gasteiger partial charge in [-0.25, -0.2) is 0 Å². The van der Waals surface area contributed by atoms with Gasteiger partial charge in [0.15, 0.2) is 0 Å². The first-order chi connectivity index (χ1) is 6.42. The van der Waals surface area contributed by atoms with Gasteiger partial charge in [-0.3, -0.25) is 4.55 Å². The van der Waals surface area contributed by atoms with E-state index in [4.69, 9.17) is 4.55 Å². The topological polar surface area (TPSA) is 63.6 Å². The summed E-state index contributed by atoms with van der Waals surface area (Å²) in [5, 5.41) is 0. The van der Waals surface area contributed by atoms with Gasteiger partial charge in [-0.15, -0.1) is 0 Å². The van der Waals surface area contributed by atoms with E-state index < -0.39 is 10.4 Å². The summed E-state index contributed by atoms with van der Waals surface area (Å²) in [6.07, 6.45) is 0.786. The third kappa shape index (κ3) is 3.01. The summed E-state index contributed by atoms with van der Waals surface area (Å²) in [6.45, 7) is 3.88. The number of rotatable bonds is 3. The lowest BCUT2D eigenvalue weighted by Crippen LogP contribution is -2.06. The van der Waals surface area contributed by atoms with Gasteiger partial charge in [-0.05, 0) is 36.6 Å². The van der Waals surface area contributed by atoms with Crippen molar-refractivity contribution in [3.8, 4) is 5.75 Å². The molecule has 0 unspecified atom stereocenters. The van der Waals surface area contributed by atoms with E-state index in [1.807, 2.05) is 13.8 Å². The highest BCUT2D eigenvalue weighted by molar-refractivity contribution is 7.81. The molecule has 0 amide bonds. The Morgan fingerprint density at radius 3 is 2.57 bits per heavy atom. The van der Waals surface area contributed by atoms with Crippen molar-refractivity contribution >= 4 is 10.4 Å². The molecule has 1 aromatic carbocycles. The molecule has 0 aromatic heterocycles. The summed E-state index contributed by atoms with van der Waals surface area (Å²) >= 11 is 0. The minimum Gasteiger partial charge on any atom is -0.362 e. The van der Waals surface area contributed by atoms with Gasteiger partial charge in [0, 0.05) is 0 Å². The van der Waals surface area contributed by atoms with Crippen LogP contribution in [0.2, 0.25) is 0 Å². The maximum atomic E-state index is 10.4. The predicted molar refractivity (Wildman–Crippen MR) is 52.7 cm³/mol. The lowest BCUT2D eigenvalue weighted by atomic mass is 10.1. The first-order valence-electron chi connectivity index (χ1n) is 4.19. The van der Waals surface area contributed by atoms with Crippen LogP contribution >= 0.6 is 0 Å². The highest BCUT2D eigenvalue weighted by Gasteiger charge is 2.07. The van der Waals surface area contributed by atoms with Crippen molar-refractivity contribution in [1.82, 2.24) is 0 Å². The van der Waals surface area contributed by atoms with E-state index in [9.17, 15) is 8.42 Å². The molecule has 0 spiro atoms. The molecule has 0 saturated carbocycles. The van der Waals surface area contributed by atoms with Crippen LogP contribution in [0.1, 0.15) is 18.1 Å². The smallest absolute Gasteiger partial charge is 0.362 e. The van der Waals surface area contributed by atoms with Crippen LogP contribution in [0.3, 0.4) is 0 Å². The molecular formula is C9H12O4S. The molecular weight excluding hydrogens is 204 g/mol. The number of hydrogen-bond acceptors (Lipinski definition) is 3. The van der Waals surface area contributed by atoms with Crippen molar-refractivity contribution in [2.24, 2.45) is 0 Å². The zero-order valence-corrected chi connectivity index (χ0v) is 8.84. The van der Waals surface area contributed by atoms with E-state index in [-0.39, 0.29) is 5.75 Å². The molecule has 0 bridgehead atoms. The van der Waals surface area contributed by atoms with Crippen molar-refractivity contribution in [2.75, 3.05) is 0 Å². The first-order valence-corrected chi connectivity index (χ1v) is 5.55. The summed E-state index contributed by atoms with van der Waals surface area (Å²) in [5.41, 5.74) is 2.06. The van der Waals surface area contributed by atoms with Crippen molar-refractivity contribution in [3.63, 3.8) is 0 Å². The second-order valence-electron chi connectivity index (χ2n) is 2.95. The molecule has 1 aromatic rings. The molecule has 0 aliphatic carbocycles. The Bertz CT molecular complexity index is 422. The average molecular weight is 216 g/mol. The Kier molecular flexibility index (Phi) is 3.13. The Labute approximate surface area is 83.5 Å². The zero-order chi connectivity index (χ0) is 10.8. The second kappa shape index (κ2) is 3.98. The van der Waals surface area contributed by atoms with Gasteiger partial charge in [0.1, 0.15) is 5.75 Å². The van der Waals surface area contributed by atoms with Crippen molar-refractivity contribution in [1.29, 1.82) is 0 Å². The van der Waals surface area contributed by atoms with Crippen LogP contribution in [-0.4, -0.2) is 13.0 Å². The lowest BCUT2D eigenvalue weighted by molar-refractivity contribution is 0.386. The van der Waals surface area contributed by atoms with Gasteiger partial charge in [0.25, 0.3) is 0 Å². The number of benzene rings is 1. The average Bonchev–Trinajstić information content (AvgIpc) is 2.06. The summed E-state index contributed by atoms with van der Waals surface area (Å²) in [7, 11) is -4.42. The Balaban J connectivity index is 3.01. The summed E-state index contributed by atoms with van der Waals surface area (Å²) < 4.78 is 33.6. The Hall–Kier alpha value is -1.07. The first kappa shape index (κ1) is 11.0. The van der Waals surface area contributed by atoms with Crippen LogP contribution in [0.4, 0.5) is 0 Å². The molecule has 4 nitrogen and oxygen atoms in total. The molecule has 1 N–H and O–H groups in total. The summed E-state index contributed by atoms with van der Waals surface area (Å²) in [4.78, 5) is 0. The fraction of sp³-hybridized carbons (Fsp3) is 0.333. The normalized spacial score (nSPS) is 11.4. The molecule has 78 valence electrons. The predicted octanol–water partition coefficient (Wildman–Crippen LogP) is 1.74. The van der Waals surface area contributed by atoms with Gasteiger partial charge in [0.2, 0.25) is 0 Å². The number of aryl methyl sites for hydroxylation is 2. The van der Waals surface area contributed by atoms with Crippen LogP contribution in [0.25, 0.3) is 0 Å². The van der Waals surface area contributed by atoms with E-state index in [0.717, 1.165) is 17.5 Å². The van der Waals surface area contributed by atoms with Gasteiger partial charge in [0.05, 0.1) is 0 Å². The molecule has 5 heteroatoms. The van der Waals surface area contributed by atoms with Crippen LogP contribution < -0.4 is 4.18 Å². The van der Waals surface area contributed by atoms with Gasteiger partial charge in [-0.2, -0.15) is 8.42 Å². The molecule has 0 fully saturated rings. The zero-order valence-electron chi connectivity index (χ0n) is 8.02. The van der Waals surface area contributed by atoms with E-state index >= 15 is 0 Å². The van der Waals surface area contributed by atoms with Crippen molar-refractivity contribution in [2.45, 2.75) is 20.3 Å². The van der Waals surface area contributed by atoms with Gasteiger partial charge >= 0.3 is 10.4 Å². The van der Waals surface area contributed by atoms with Crippen LogP contribution in [-0.2, 0) is 16.8 Å². The summed E-state index contributed by atoms with van der Waals surface area (Å²) in [5.74, 6) is 0.134. The molecule has 0 radical (unpaired) electrons. The third-order valence-corrected chi connectivity index (χ3v) is 2.31. The molecule has 14 heavy (non-hydrogen) atoms. The monoisotopic (exact) mass is 216 g/mol. The lowest BCUT2D eigenvalue weighted by Gasteiger charge is -2.06. The van der Waals surface area contributed by atoms with Crippen molar-refractivity contribution < 1.29 is 17.2 Å². The summed E-state index contributed by atoms with van der Waals surface area (Å²) in [6, 6.07) is 4.85. The van der Waals surface area contributed by atoms with Gasteiger partial charge < -0.3 is 4.18 Å². The fourth-order valence-electron chi connectivity index (χ4n) is 1.20.